The predicted molar refractivity (Wildman–Crippen MR) is 81.8 cm³/mol. The first-order chi connectivity index (χ1) is 8.70. The molecule has 0 aliphatic heterocycles. The Labute approximate surface area is 119 Å². The minimum Gasteiger partial charge on any atom is -0.324 e. The van der Waals surface area contributed by atoms with Gasteiger partial charge in [0, 0.05) is 34.1 Å². The summed E-state index contributed by atoms with van der Waals surface area (Å²) in [7, 11) is 0. The second-order valence-electron chi connectivity index (χ2n) is 4.35. The molecule has 0 heterocycles. The number of hydrazine groups is 1. The third-order valence-corrected chi connectivity index (χ3v) is 4.25. The summed E-state index contributed by atoms with van der Waals surface area (Å²) in [6.45, 7) is 0. The van der Waals surface area contributed by atoms with Crippen LogP contribution in [-0.4, -0.2) is 0 Å². The van der Waals surface area contributed by atoms with Gasteiger partial charge in [-0.2, -0.15) is 0 Å². The SMILES string of the molecule is NNc1ccc2c(c1)C(N)(NI)c1ccccc1-2. The molecule has 1 aliphatic carbocycles. The summed E-state index contributed by atoms with van der Waals surface area (Å²) in [6, 6.07) is 14.2. The van der Waals surface area contributed by atoms with Crippen LogP contribution in [0.1, 0.15) is 11.1 Å². The number of hydrogen-bond donors (Lipinski definition) is 4. The van der Waals surface area contributed by atoms with Crippen molar-refractivity contribution in [3.63, 3.8) is 0 Å². The van der Waals surface area contributed by atoms with Crippen molar-refractivity contribution < 1.29 is 0 Å². The van der Waals surface area contributed by atoms with Crippen molar-refractivity contribution in [2.45, 2.75) is 5.66 Å². The van der Waals surface area contributed by atoms with E-state index < -0.39 is 5.66 Å². The molecule has 2 aromatic carbocycles. The number of fused-ring (bicyclic) bond motifs is 3. The van der Waals surface area contributed by atoms with Gasteiger partial charge in [0.2, 0.25) is 0 Å². The van der Waals surface area contributed by atoms with Crippen molar-refractivity contribution >= 4 is 28.6 Å². The van der Waals surface area contributed by atoms with E-state index in [0.29, 0.717) is 0 Å². The van der Waals surface area contributed by atoms with Crippen LogP contribution in [0.3, 0.4) is 0 Å². The Morgan fingerprint density at radius 1 is 1.00 bits per heavy atom. The maximum Gasteiger partial charge on any atom is 0.128 e. The number of halogens is 1. The van der Waals surface area contributed by atoms with Gasteiger partial charge in [0.15, 0.2) is 0 Å². The Bertz CT molecular complexity index is 614. The minimum absolute atomic E-state index is 0.667. The van der Waals surface area contributed by atoms with E-state index in [2.05, 4.69) is 44.0 Å². The monoisotopic (exact) mass is 352 g/mol. The number of nitrogens with two attached hydrogens (primary N) is 2. The lowest BCUT2D eigenvalue weighted by Crippen LogP contribution is -2.45. The highest BCUT2D eigenvalue weighted by Crippen LogP contribution is 2.45. The number of rotatable bonds is 2. The maximum absolute atomic E-state index is 6.52. The van der Waals surface area contributed by atoms with Gasteiger partial charge in [0.1, 0.15) is 5.66 Å². The zero-order valence-corrected chi connectivity index (χ0v) is 11.7. The van der Waals surface area contributed by atoms with Gasteiger partial charge in [-0.25, -0.2) is 3.53 Å². The molecule has 0 aromatic heterocycles. The molecule has 0 fully saturated rings. The lowest BCUT2D eigenvalue weighted by molar-refractivity contribution is 0.554. The van der Waals surface area contributed by atoms with Crippen LogP contribution in [0.4, 0.5) is 5.69 Å². The highest BCUT2D eigenvalue weighted by Gasteiger charge is 2.39. The van der Waals surface area contributed by atoms with E-state index in [4.69, 9.17) is 11.6 Å². The zero-order chi connectivity index (χ0) is 12.8. The van der Waals surface area contributed by atoms with Crippen LogP contribution < -0.4 is 20.5 Å². The van der Waals surface area contributed by atoms with Crippen LogP contribution in [0.25, 0.3) is 11.1 Å². The Morgan fingerprint density at radius 2 is 1.72 bits per heavy atom. The van der Waals surface area contributed by atoms with Gasteiger partial charge in [-0.15, -0.1) is 0 Å². The zero-order valence-electron chi connectivity index (χ0n) is 9.57. The highest BCUT2D eigenvalue weighted by atomic mass is 127. The average Bonchev–Trinajstić information content (AvgIpc) is 2.69. The van der Waals surface area contributed by atoms with Crippen molar-refractivity contribution in [1.29, 1.82) is 0 Å². The van der Waals surface area contributed by atoms with Gasteiger partial charge < -0.3 is 11.2 Å². The molecule has 2 aromatic rings. The molecule has 0 spiro atoms. The number of nitrogens with one attached hydrogen (secondary N) is 2. The molecule has 3 rings (SSSR count). The van der Waals surface area contributed by atoms with Gasteiger partial charge in [-0.05, 0) is 28.8 Å². The quantitative estimate of drug-likeness (QED) is 0.219. The van der Waals surface area contributed by atoms with Gasteiger partial charge in [0.05, 0.1) is 0 Å². The molecule has 0 saturated carbocycles. The molecule has 92 valence electrons. The van der Waals surface area contributed by atoms with E-state index >= 15 is 0 Å². The Hall–Kier alpha value is -1.15. The van der Waals surface area contributed by atoms with E-state index in [1.54, 1.807) is 0 Å². The Morgan fingerprint density at radius 3 is 2.44 bits per heavy atom. The van der Waals surface area contributed by atoms with Crippen molar-refractivity contribution in [2.24, 2.45) is 11.6 Å². The first kappa shape index (κ1) is 11.9. The van der Waals surface area contributed by atoms with Crippen LogP contribution in [0, 0.1) is 0 Å². The summed E-state index contributed by atoms with van der Waals surface area (Å²) in [5, 5.41) is 0. The van der Waals surface area contributed by atoms with Gasteiger partial charge >= 0.3 is 0 Å². The lowest BCUT2D eigenvalue weighted by atomic mass is 9.99. The second kappa shape index (κ2) is 4.20. The summed E-state index contributed by atoms with van der Waals surface area (Å²) in [6.07, 6.45) is 0. The maximum atomic E-state index is 6.52. The highest BCUT2D eigenvalue weighted by molar-refractivity contribution is 14.1. The molecule has 0 radical (unpaired) electrons. The first-order valence-corrected chi connectivity index (χ1v) is 6.66. The number of hydrogen-bond acceptors (Lipinski definition) is 4. The number of benzene rings is 2. The second-order valence-corrected chi connectivity index (χ2v) is 4.89. The summed E-state index contributed by atoms with van der Waals surface area (Å²) >= 11 is 2.10. The molecule has 0 amide bonds. The molecule has 0 bridgehead atoms. The van der Waals surface area contributed by atoms with E-state index in [1.807, 2.05) is 30.3 Å². The van der Waals surface area contributed by atoms with Crippen molar-refractivity contribution in [1.82, 2.24) is 3.53 Å². The smallest absolute Gasteiger partial charge is 0.128 e. The van der Waals surface area contributed by atoms with E-state index in [0.717, 1.165) is 22.4 Å². The first-order valence-electron chi connectivity index (χ1n) is 5.58. The van der Waals surface area contributed by atoms with Gasteiger partial charge in [0.25, 0.3) is 0 Å². The Balaban J connectivity index is 2.32. The van der Waals surface area contributed by atoms with E-state index in [1.165, 1.54) is 5.56 Å². The molecule has 4 nitrogen and oxygen atoms in total. The fraction of sp³-hybridized carbons (Fsp3) is 0.0769. The van der Waals surface area contributed by atoms with Crippen LogP contribution in [0.2, 0.25) is 0 Å². The molecule has 5 heteroatoms. The lowest BCUT2D eigenvalue weighted by Gasteiger charge is -2.25. The number of nitrogen functional groups attached to an aromatic ring is 1. The summed E-state index contributed by atoms with van der Waals surface area (Å²) < 4.78 is 3.18. The van der Waals surface area contributed by atoms with Crippen molar-refractivity contribution in [3.05, 3.63) is 53.6 Å². The normalized spacial score (nSPS) is 20.4. The molecule has 1 aliphatic rings. The molecular weight excluding hydrogens is 339 g/mol. The predicted octanol–water partition coefficient (Wildman–Crippen LogP) is 2.05. The number of anilines is 1. The standard InChI is InChI=1S/C13H13IN4/c14-18-13(15)11-4-2-1-3-9(11)10-6-5-8(17-16)7-12(10)13/h1-7,17-18H,15-16H2. The van der Waals surface area contributed by atoms with E-state index in [-0.39, 0.29) is 0 Å². The summed E-state index contributed by atoms with van der Waals surface area (Å²) in [5.74, 6) is 5.47. The summed E-state index contributed by atoms with van der Waals surface area (Å²) in [5.41, 5.74) is 13.8. The van der Waals surface area contributed by atoms with Crippen molar-refractivity contribution in [3.8, 4) is 11.1 Å². The van der Waals surface area contributed by atoms with Crippen LogP contribution in [0.5, 0.6) is 0 Å². The van der Waals surface area contributed by atoms with Gasteiger partial charge in [-0.1, -0.05) is 30.3 Å². The Kier molecular flexibility index (Phi) is 2.78. The largest absolute Gasteiger partial charge is 0.324 e. The van der Waals surface area contributed by atoms with Crippen LogP contribution in [0.15, 0.2) is 42.5 Å². The molecular formula is C13H13IN4. The van der Waals surface area contributed by atoms with Crippen molar-refractivity contribution in [2.75, 3.05) is 5.43 Å². The molecule has 0 saturated heterocycles. The molecule has 18 heavy (non-hydrogen) atoms. The fourth-order valence-corrected chi connectivity index (χ4v) is 3.08. The van der Waals surface area contributed by atoms with Gasteiger partial charge in [-0.3, -0.25) is 5.84 Å². The third-order valence-electron chi connectivity index (χ3n) is 3.40. The average molecular weight is 352 g/mol. The van der Waals surface area contributed by atoms with Crippen LogP contribution in [-0.2, 0) is 5.66 Å². The third kappa shape index (κ3) is 1.48. The fourth-order valence-electron chi connectivity index (χ4n) is 2.50. The van der Waals surface area contributed by atoms with E-state index in [9.17, 15) is 0 Å². The molecule has 6 N–H and O–H groups in total. The summed E-state index contributed by atoms with van der Waals surface area (Å²) in [4.78, 5) is 0. The minimum atomic E-state index is -0.667. The van der Waals surface area contributed by atoms with Crippen LogP contribution >= 0.6 is 22.9 Å². The molecule has 1 unspecified atom stereocenters. The molecule has 1 atom stereocenters. The topological polar surface area (TPSA) is 76.1 Å².